The van der Waals surface area contributed by atoms with Gasteiger partial charge < -0.3 is 20.1 Å². The molecule has 0 aromatic heterocycles. The van der Waals surface area contributed by atoms with Gasteiger partial charge in [0.25, 0.3) is 0 Å². The lowest BCUT2D eigenvalue weighted by Crippen LogP contribution is -2.46. The quantitative estimate of drug-likeness (QED) is 0.483. The highest BCUT2D eigenvalue weighted by Gasteiger charge is 2.16. The van der Waals surface area contributed by atoms with E-state index in [1.165, 1.54) is 6.92 Å². The molecule has 0 bridgehead atoms. The van der Waals surface area contributed by atoms with Crippen molar-refractivity contribution in [3.8, 4) is 0 Å². The highest BCUT2D eigenvalue weighted by Crippen LogP contribution is 2.30. The van der Waals surface area contributed by atoms with Crippen molar-refractivity contribution in [2.75, 3.05) is 39.8 Å². The SMILES string of the molecule is CCNCN(CNC(C)=O)C(=O)CP(C)OC. The highest BCUT2D eigenvalue weighted by atomic mass is 31.1. The van der Waals surface area contributed by atoms with E-state index in [9.17, 15) is 9.59 Å². The van der Waals surface area contributed by atoms with Crippen molar-refractivity contribution in [3.63, 3.8) is 0 Å². The number of carbonyl (C=O) groups excluding carboxylic acids is 2. The van der Waals surface area contributed by atoms with E-state index in [0.29, 0.717) is 12.8 Å². The van der Waals surface area contributed by atoms with E-state index in [4.69, 9.17) is 4.52 Å². The second-order valence-corrected chi connectivity index (χ2v) is 5.49. The molecule has 0 saturated carbocycles. The Morgan fingerprint density at radius 2 is 2.00 bits per heavy atom. The molecule has 0 fully saturated rings. The maximum absolute atomic E-state index is 11.9. The Bertz CT molecular complexity index is 251. The van der Waals surface area contributed by atoms with Crippen molar-refractivity contribution in [2.24, 2.45) is 0 Å². The minimum Gasteiger partial charge on any atom is -0.362 e. The topological polar surface area (TPSA) is 70.7 Å². The summed E-state index contributed by atoms with van der Waals surface area (Å²) in [5.41, 5.74) is 0. The van der Waals surface area contributed by atoms with Crippen LogP contribution in [0.1, 0.15) is 13.8 Å². The summed E-state index contributed by atoms with van der Waals surface area (Å²) in [5, 5.41) is 5.68. The third-order valence-corrected chi connectivity index (χ3v) is 3.43. The van der Waals surface area contributed by atoms with Crippen molar-refractivity contribution in [3.05, 3.63) is 0 Å². The van der Waals surface area contributed by atoms with Gasteiger partial charge >= 0.3 is 0 Å². The first kappa shape index (κ1) is 16.3. The van der Waals surface area contributed by atoms with E-state index >= 15 is 0 Å². The van der Waals surface area contributed by atoms with E-state index in [1.54, 1.807) is 12.0 Å². The molecule has 0 aliphatic heterocycles. The summed E-state index contributed by atoms with van der Waals surface area (Å²) in [7, 11) is 0.876. The van der Waals surface area contributed by atoms with Crippen molar-refractivity contribution in [1.29, 1.82) is 0 Å². The normalized spacial score (nSPS) is 12.0. The van der Waals surface area contributed by atoms with E-state index in [-0.39, 0.29) is 18.5 Å². The lowest BCUT2D eigenvalue weighted by Gasteiger charge is -2.24. The molecular weight excluding hydrogens is 241 g/mol. The van der Waals surface area contributed by atoms with Gasteiger partial charge in [-0.2, -0.15) is 0 Å². The standard InChI is InChI=1S/C10H22N3O3P/c1-5-11-7-13(8-12-9(2)14)10(15)6-17(4)16-3/h11H,5-8H2,1-4H3,(H,12,14). The molecule has 2 amide bonds. The number of hydrogen-bond acceptors (Lipinski definition) is 4. The van der Waals surface area contributed by atoms with Gasteiger partial charge in [0.2, 0.25) is 11.8 Å². The predicted molar refractivity (Wildman–Crippen MR) is 68.8 cm³/mol. The molecule has 0 spiro atoms. The average molecular weight is 263 g/mol. The first-order valence-corrected chi connectivity index (χ1v) is 7.38. The monoisotopic (exact) mass is 263 g/mol. The van der Waals surface area contributed by atoms with Crippen LogP contribution in [0.25, 0.3) is 0 Å². The Labute approximate surface area is 104 Å². The Morgan fingerprint density at radius 1 is 1.35 bits per heavy atom. The maximum Gasteiger partial charge on any atom is 0.231 e. The van der Waals surface area contributed by atoms with E-state index in [1.807, 2.05) is 13.6 Å². The van der Waals surface area contributed by atoms with Crippen LogP contribution in [-0.2, 0) is 14.1 Å². The third-order valence-electron chi connectivity index (χ3n) is 2.09. The average Bonchev–Trinajstić information content (AvgIpc) is 2.28. The van der Waals surface area contributed by atoms with E-state index < -0.39 is 8.15 Å². The summed E-state index contributed by atoms with van der Waals surface area (Å²) in [6, 6.07) is 0. The van der Waals surface area contributed by atoms with Gasteiger partial charge in [-0.25, -0.2) is 0 Å². The molecule has 0 aliphatic carbocycles. The van der Waals surface area contributed by atoms with Crippen LogP contribution < -0.4 is 10.6 Å². The molecule has 0 aromatic carbocycles. The number of amides is 2. The zero-order chi connectivity index (χ0) is 13.3. The Kier molecular flexibility index (Phi) is 8.94. The molecule has 0 saturated heterocycles. The van der Waals surface area contributed by atoms with Crippen LogP contribution in [0, 0.1) is 0 Å². The lowest BCUT2D eigenvalue weighted by atomic mass is 10.5. The second kappa shape index (κ2) is 9.33. The fourth-order valence-electron chi connectivity index (χ4n) is 1.04. The van der Waals surface area contributed by atoms with Crippen LogP contribution in [-0.4, -0.2) is 56.5 Å². The smallest absolute Gasteiger partial charge is 0.231 e. The molecule has 0 heterocycles. The van der Waals surface area contributed by atoms with Crippen LogP contribution >= 0.6 is 8.15 Å². The molecule has 7 heteroatoms. The summed E-state index contributed by atoms with van der Waals surface area (Å²) in [6.45, 7) is 6.73. The van der Waals surface area contributed by atoms with Gasteiger partial charge in [-0.1, -0.05) is 6.92 Å². The molecule has 0 aromatic rings. The van der Waals surface area contributed by atoms with Gasteiger partial charge in [-0.3, -0.25) is 9.59 Å². The highest BCUT2D eigenvalue weighted by molar-refractivity contribution is 7.52. The number of rotatable bonds is 8. The van der Waals surface area contributed by atoms with Gasteiger partial charge in [0.15, 0.2) is 0 Å². The first-order valence-electron chi connectivity index (χ1n) is 5.49. The molecule has 2 N–H and O–H groups in total. The van der Waals surface area contributed by atoms with Gasteiger partial charge in [0.05, 0.1) is 19.5 Å². The van der Waals surface area contributed by atoms with Gasteiger partial charge in [0.1, 0.15) is 0 Å². The van der Waals surface area contributed by atoms with Crippen LogP contribution in [0.4, 0.5) is 0 Å². The van der Waals surface area contributed by atoms with Gasteiger partial charge in [-0.05, 0) is 13.2 Å². The number of hydrogen-bond donors (Lipinski definition) is 2. The Hall–Kier alpha value is -0.710. The number of nitrogens with one attached hydrogen (secondary N) is 2. The van der Waals surface area contributed by atoms with Crippen molar-refractivity contribution < 1.29 is 14.1 Å². The summed E-state index contributed by atoms with van der Waals surface area (Å²) >= 11 is 0. The molecule has 0 aliphatic rings. The molecule has 100 valence electrons. The molecule has 17 heavy (non-hydrogen) atoms. The van der Waals surface area contributed by atoms with E-state index in [2.05, 4.69) is 10.6 Å². The van der Waals surface area contributed by atoms with Crippen molar-refractivity contribution in [2.45, 2.75) is 13.8 Å². The Morgan fingerprint density at radius 3 is 2.47 bits per heavy atom. The summed E-state index contributed by atoms with van der Waals surface area (Å²) < 4.78 is 5.11. The first-order chi connectivity index (χ1) is 8.01. The fourth-order valence-corrected chi connectivity index (χ4v) is 1.75. The lowest BCUT2D eigenvalue weighted by molar-refractivity contribution is -0.130. The Balaban J connectivity index is 4.23. The minimum absolute atomic E-state index is 0.0184. The van der Waals surface area contributed by atoms with Crippen LogP contribution in [0.2, 0.25) is 0 Å². The van der Waals surface area contributed by atoms with Crippen LogP contribution in [0.3, 0.4) is 0 Å². The van der Waals surface area contributed by atoms with Gasteiger partial charge in [0, 0.05) is 22.2 Å². The van der Waals surface area contributed by atoms with Crippen molar-refractivity contribution in [1.82, 2.24) is 15.5 Å². The minimum atomic E-state index is -0.723. The zero-order valence-electron chi connectivity index (χ0n) is 10.9. The van der Waals surface area contributed by atoms with Gasteiger partial charge in [-0.15, -0.1) is 0 Å². The maximum atomic E-state index is 11.9. The molecule has 0 radical (unpaired) electrons. The second-order valence-electron chi connectivity index (χ2n) is 3.55. The largest absolute Gasteiger partial charge is 0.362 e. The summed E-state index contributed by atoms with van der Waals surface area (Å²) in [4.78, 5) is 24.3. The van der Waals surface area contributed by atoms with Crippen LogP contribution in [0.5, 0.6) is 0 Å². The molecule has 6 nitrogen and oxygen atoms in total. The summed E-state index contributed by atoms with van der Waals surface area (Å²) in [5.74, 6) is -0.167. The van der Waals surface area contributed by atoms with Crippen molar-refractivity contribution >= 4 is 20.0 Å². The summed E-state index contributed by atoms with van der Waals surface area (Å²) in [6.07, 6.45) is 0.372. The third kappa shape index (κ3) is 8.07. The zero-order valence-corrected chi connectivity index (χ0v) is 11.8. The fraction of sp³-hybridized carbons (Fsp3) is 0.800. The molecular formula is C10H22N3O3P. The number of carbonyl (C=O) groups is 2. The molecule has 1 atom stereocenters. The van der Waals surface area contributed by atoms with E-state index in [0.717, 1.165) is 6.54 Å². The molecule has 1 unspecified atom stereocenters. The number of nitrogens with zero attached hydrogens (tertiary/aromatic N) is 1. The van der Waals surface area contributed by atoms with Crippen LogP contribution in [0.15, 0.2) is 0 Å². The predicted octanol–water partition coefficient (Wildman–Crippen LogP) is 0.149. The molecule has 0 rings (SSSR count).